The van der Waals surface area contributed by atoms with Crippen LogP contribution in [0.4, 0.5) is 11.5 Å². The predicted molar refractivity (Wildman–Crippen MR) is 99.3 cm³/mol. The highest BCUT2D eigenvalue weighted by Crippen LogP contribution is 2.10. The number of amides is 1. The maximum absolute atomic E-state index is 12.0. The Morgan fingerprint density at radius 3 is 2.58 bits per heavy atom. The molecule has 2 aromatic rings. The van der Waals surface area contributed by atoms with Crippen molar-refractivity contribution < 1.29 is 4.79 Å². The summed E-state index contributed by atoms with van der Waals surface area (Å²) in [4.78, 5) is 18.4. The van der Waals surface area contributed by atoms with Gasteiger partial charge in [0.15, 0.2) is 0 Å². The highest BCUT2D eigenvalue weighted by Gasteiger charge is 2.04. The lowest BCUT2D eigenvalue weighted by Gasteiger charge is -2.11. The van der Waals surface area contributed by atoms with Gasteiger partial charge in [0.25, 0.3) is 0 Å². The number of aryl methyl sites for hydroxylation is 1. The van der Waals surface area contributed by atoms with E-state index in [1.165, 1.54) is 0 Å². The lowest BCUT2D eigenvalue weighted by molar-refractivity contribution is -0.116. The Bertz CT molecular complexity index is 611. The van der Waals surface area contributed by atoms with Crippen LogP contribution in [0.2, 0.25) is 0 Å². The topological polar surface area (TPSA) is 57.3 Å². The van der Waals surface area contributed by atoms with Crippen LogP contribution in [0.1, 0.15) is 18.4 Å². The Balaban J connectivity index is 1.71. The molecule has 1 aromatic carbocycles. The van der Waals surface area contributed by atoms with Crippen molar-refractivity contribution in [1.82, 2.24) is 9.88 Å². The van der Waals surface area contributed by atoms with Gasteiger partial charge >= 0.3 is 0 Å². The first-order valence-electron chi connectivity index (χ1n) is 8.32. The third kappa shape index (κ3) is 6.79. The molecule has 0 unspecified atom stereocenters. The number of nitrogens with zero attached hydrogens (tertiary/aromatic N) is 2. The standard InChI is InChI=1S/C19H26N4O/c1-23(2)14-6-13-20-17-10-11-18(21-15-17)22-19(24)12-9-16-7-4-3-5-8-16/h3-5,7-8,10-11,15,20H,6,9,12-14H2,1-2H3,(H,21,22,24). The first-order chi connectivity index (χ1) is 11.6. The van der Waals surface area contributed by atoms with Crippen LogP contribution in [-0.2, 0) is 11.2 Å². The maximum Gasteiger partial charge on any atom is 0.225 e. The van der Waals surface area contributed by atoms with Gasteiger partial charge in [-0.2, -0.15) is 0 Å². The Morgan fingerprint density at radius 2 is 1.92 bits per heavy atom. The number of benzene rings is 1. The summed E-state index contributed by atoms with van der Waals surface area (Å²) in [7, 11) is 4.13. The van der Waals surface area contributed by atoms with Crippen molar-refractivity contribution in [3.63, 3.8) is 0 Å². The Kier molecular flexibility index (Phi) is 7.23. The fraction of sp³-hybridized carbons (Fsp3) is 0.368. The van der Waals surface area contributed by atoms with Crippen molar-refractivity contribution in [2.75, 3.05) is 37.8 Å². The zero-order valence-corrected chi connectivity index (χ0v) is 14.5. The summed E-state index contributed by atoms with van der Waals surface area (Å²) in [6.07, 6.45) is 4.02. The number of hydrogen-bond donors (Lipinski definition) is 2. The van der Waals surface area contributed by atoms with Crippen molar-refractivity contribution in [3.8, 4) is 0 Å². The zero-order chi connectivity index (χ0) is 17.2. The number of aromatic nitrogens is 1. The number of hydrogen-bond acceptors (Lipinski definition) is 4. The average Bonchev–Trinajstić information content (AvgIpc) is 2.59. The molecule has 0 saturated heterocycles. The third-order valence-electron chi connectivity index (χ3n) is 3.63. The third-order valence-corrected chi connectivity index (χ3v) is 3.63. The van der Waals surface area contributed by atoms with Gasteiger partial charge in [-0.15, -0.1) is 0 Å². The first-order valence-corrected chi connectivity index (χ1v) is 8.32. The van der Waals surface area contributed by atoms with Gasteiger partial charge in [0, 0.05) is 13.0 Å². The van der Waals surface area contributed by atoms with Gasteiger partial charge in [-0.3, -0.25) is 4.79 Å². The second-order valence-electron chi connectivity index (χ2n) is 6.05. The van der Waals surface area contributed by atoms with E-state index >= 15 is 0 Å². The van der Waals surface area contributed by atoms with E-state index < -0.39 is 0 Å². The van der Waals surface area contributed by atoms with Crippen LogP contribution in [0, 0.1) is 0 Å². The Labute approximate surface area is 144 Å². The van der Waals surface area contributed by atoms with Gasteiger partial charge < -0.3 is 15.5 Å². The molecule has 1 amide bonds. The molecule has 2 N–H and O–H groups in total. The van der Waals surface area contributed by atoms with Crippen LogP contribution in [0.15, 0.2) is 48.7 Å². The van der Waals surface area contributed by atoms with Crippen LogP contribution in [0.5, 0.6) is 0 Å². The average molecular weight is 326 g/mol. The van der Waals surface area contributed by atoms with Crippen LogP contribution in [0.3, 0.4) is 0 Å². The number of rotatable bonds is 9. The largest absolute Gasteiger partial charge is 0.384 e. The first kappa shape index (κ1) is 17.9. The molecule has 0 spiro atoms. The van der Waals surface area contributed by atoms with Crippen LogP contribution in [0.25, 0.3) is 0 Å². The minimum atomic E-state index is -0.0157. The summed E-state index contributed by atoms with van der Waals surface area (Å²) in [5.74, 6) is 0.574. The molecule has 0 saturated carbocycles. The van der Waals surface area contributed by atoms with Crippen molar-refractivity contribution in [3.05, 3.63) is 54.2 Å². The Morgan fingerprint density at radius 1 is 1.12 bits per heavy atom. The van der Waals surface area contributed by atoms with Crippen LogP contribution >= 0.6 is 0 Å². The van der Waals surface area contributed by atoms with Gasteiger partial charge in [0.1, 0.15) is 5.82 Å². The minimum Gasteiger partial charge on any atom is -0.384 e. The molecule has 24 heavy (non-hydrogen) atoms. The number of nitrogens with one attached hydrogen (secondary N) is 2. The molecule has 0 atom stereocenters. The van der Waals surface area contributed by atoms with Crippen molar-refractivity contribution in [2.45, 2.75) is 19.3 Å². The molecular weight excluding hydrogens is 300 g/mol. The molecule has 5 nitrogen and oxygen atoms in total. The quantitative estimate of drug-likeness (QED) is 0.696. The smallest absolute Gasteiger partial charge is 0.225 e. The summed E-state index contributed by atoms with van der Waals surface area (Å²) in [6, 6.07) is 13.8. The van der Waals surface area contributed by atoms with E-state index in [-0.39, 0.29) is 5.91 Å². The van der Waals surface area contributed by atoms with Gasteiger partial charge in [-0.05, 0) is 51.2 Å². The lowest BCUT2D eigenvalue weighted by Crippen LogP contribution is -2.16. The fourth-order valence-electron chi connectivity index (χ4n) is 2.31. The molecule has 0 aliphatic carbocycles. The van der Waals surface area contributed by atoms with E-state index in [4.69, 9.17) is 0 Å². The van der Waals surface area contributed by atoms with Crippen molar-refractivity contribution in [1.29, 1.82) is 0 Å². The summed E-state index contributed by atoms with van der Waals surface area (Å²) in [5, 5.41) is 6.16. The molecule has 0 aliphatic rings. The fourth-order valence-corrected chi connectivity index (χ4v) is 2.31. The normalized spacial score (nSPS) is 10.6. The predicted octanol–water partition coefficient (Wildman–Crippen LogP) is 3.02. The maximum atomic E-state index is 12.0. The molecule has 0 radical (unpaired) electrons. The van der Waals surface area contributed by atoms with E-state index in [9.17, 15) is 4.79 Å². The molecular formula is C19H26N4O. The number of carbonyl (C=O) groups is 1. The highest BCUT2D eigenvalue weighted by molar-refractivity contribution is 5.89. The lowest BCUT2D eigenvalue weighted by atomic mass is 10.1. The van der Waals surface area contributed by atoms with E-state index in [0.29, 0.717) is 12.2 Å². The second kappa shape index (κ2) is 9.67. The van der Waals surface area contributed by atoms with E-state index in [1.54, 1.807) is 6.20 Å². The SMILES string of the molecule is CN(C)CCCNc1ccc(NC(=O)CCc2ccccc2)nc1. The Hall–Kier alpha value is -2.40. The van der Waals surface area contributed by atoms with E-state index in [1.807, 2.05) is 42.5 Å². The monoisotopic (exact) mass is 326 g/mol. The summed E-state index contributed by atoms with van der Waals surface area (Å²) >= 11 is 0. The molecule has 2 rings (SSSR count). The van der Waals surface area contributed by atoms with E-state index in [0.717, 1.165) is 37.2 Å². The molecule has 0 fully saturated rings. The number of carbonyl (C=O) groups excluding carboxylic acids is 1. The highest BCUT2D eigenvalue weighted by atomic mass is 16.1. The second-order valence-corrected chi connectivity index (χ2v) is 6.05. The van der Waals surface area contributed by atoms with Crippen LogP contribution in [-0.4, -0.2) is 43.0 Å². The molecule has 1 aromatic heterocycles. The molecule has 5 heteroatoms. The van der Waals surface area contributed by atoms with Crippen molar-refractivity contribution >= 4 is 17.4 Å². The van der Waals surface area contributed by atoms with E-state index in [2.05, 4.69) is 34.6 Å². The summed E-state index contributed by atoms with van der Waals surface area (Å²) in [5.41, 5.74) is 2.13. The molecule has 1 heterocycles. The van der Waals surface area contributed by atoms with Crippen molar-refractivity contribution in [2.24, 2.45) is 0 Å². The zero-order valence-electron chi connectivity index (χ0n) is 14.5. The number of anilines is 2. The van der Waals surface area contributed by atoms with Gasteiger partial charge in [0.05, 0.1) is 11.9 Å². The molecule has 0 bridgehead atoms. The molecule has 128 valence electrons. The number of pyridine rings is 1. The van der Waals surface area contributed by atoms with Gasteiger partial charge in [0.2, 0.25) is 5.91 Å². The molecule has 0 aliphatic heterocycles. The van der Waals surface area contributed by atoms with Gasteiger partial charge in [-0.25, -0.2) is 4.98 Å². The summed E-state index contributed by atoms with van der Waals surface area (Å²) < 4.78 is 0. The minimum absolute atomic E-state index is 0.0157. The van der Waals surface area contributed by atoms with Crippen LogP contribution < -0.4 is 10.6 Å². The summed E-state index contributed by atoms with van der Waals surface area (Å²) in [6.45, 7) is 1.96. The van der Waals surface area contributed by atoms with Gasteiger partial charge in [-0.1, -0.05) is 30.3 Å².